The zero-order valence-corrected chi connectivity index (χ0v) is 11.2. The van der Waals surface area contributed by atoms with Crippen LogP contribution in [0.3, 0.4) is 0 Å². The monoisotopic (exact) mass is 274 g/mol. The van der Waals surface area contributed by atoms with Gasteiger partial charge in [0.15, 0.2) is 0 Å². The van der Waals surface area contributed by atoms with E-state index in [1.54, 1.807) is 12.1 Å². The average molecular weight is 275 g/mol. The van der Waals surface area contributed by atoms with Gasteiger partial charge in [0.1, 0.15) is 0 Å². The predicted molar refractivity (Wildman–Crippen MR) is 72.9 cm³/mol. The maximum atomic E-state index is 10.1. The Hall–Kier alpha value is -0.640. The molecule has 0 radical (unpaired) electrons. The number of nitrogen functional groups attached to an aromatic ring is 1. The Balaban J connectivity index is 2.31. The summed E-state index contributed by atoms with van der Waals surface area (Å²) in [5.41, 5.74) is 6.71. The number of nitrogens with zero attached hydrogens (tertiary/aromatic N) is 1. The van der Waals surface area contributed by atoms with E-state index in [-0.39, 0.29) is 0 Å². The fourth-order valence-corrected chi connectivity index (χ4v) is 2.58. The van der Waals surface area contributed by atoms with Crippen LogP contribution in [0.2, 0.25) is 10.0 Å². The number of benzene rings is 1. The zero-order chi connectivity index (χ0) is 12.6. The molecule has 3 N–H and O–H groups in total. The SMILES string of the molecule is CC1(O)CCCN(c2cc(Cl)c(Cl)cc2N)C1. The number of piperidine rings is 1. The van der Waals surface area contributed by atoms with Crippen LogP contribution in [0.25, 0.3) is 0 Å². The van der Waals surface area contributed by atoms with Crippen molar-refractivity contribution in [3.8, 4) is 0 Å². The summed E-state index contributed by atoms with van der Waals surface area (Å²) < 4.78 is 0. The Labute approximate surface area is 111 Å². The first-order chi connectivity index (χ1) is 7.89. The van der Waals surface area contributed by atoms with Crippen molar-refractivity contribution in [2.24, 2.45) is 0 Å². The molecule has 0 bridgehead atoms. The Morgan fingerprint density at radius 1 is 1.35 bits per heavy atom. The third-order valence-electron chi connectivity index (χ3n) is 3.09. The van der Waals surface area contributed by atoms with Crippen molar-refractivity contribution in [1.82, 2.24) is 0 Å². The maximum Gasteiger partial charge on any atom is 0.0794 e. The van der Waals surface area contributed by atoms with Gasteiger partial charge in [-0.2, -0.15) is 0 Å². The van der Waals surface area contributed by atoms with Gasteiger partial charge in [-0.25, -0.2) is 0 Å². The fraction of sp³-hybridized carbons (Fsp3) is 0.500. The molecule has 1 aromatic rings. The number of hydrogen-bond acceptors (Lipinski definition) is 3. The first-order valence-corrected chi connectivity index (χ1v) is 6.36. The Bertz CT molecular complexity index is 435. The van der Waals surface area contributed by atoms with E-state index < -0.39 is 5.60 Å². The van der Waals surface area contributed by atoms with E-state index in [9.17, 15) is 5.11 Å². The molecular weight excluding hydrogens is 259 g/mol. The van der Waals surface area contributed by atoms with E-state index in [1.165, 1.54) is 0 Å². The molecule has 0 aromatic heterocycles. The lowest BCUT2D eigenvalue weighted by Gasteiger charge is -2.38. The second-order valence-electron chi connectivity index (χ2n) is 4.85. The zero-order valence-electron chi connectivity index (χ0n) is 9.71. The Morgan fingerprint density at radius 2 is 2.00 bits per heavy atom. The largest absolute Gasteiger partial charge is 0.397 e. The van der Waals surface area contributed by atoms with E-state index in [0.717, 1.165) is 25.1 Å². The van der Waals surface area contributed by atoms with Crippen LogP contribution in [0.1, 0.15) is 19.8 Å². The highest BCUT2D eigenvalue weighted by atomic mass is 35.5. The van der Waals surface area contributed by atoms with Crippen LogP contribution < -0.4 is 10.6 Å². The Kier molecular flexibility index (Phi) is 3.43. The lowest BCUT2D eigenvalue weighted by Crippen LogP contribution is -2.46. The minimum absolute atomic E-state index is 0.455. The molecule has 0 saturated carbocycles. The summed E-state index contributed by atoms with van der Waals surface area (Å²) >= 11 is 11.9. The van der Waals surface area contributed by atoms with Crippen molar-refractivity contribution >= 4 is 34.6 Å². The van der Waals surface area contributed by atoms with Gasteiger partial charge in [-0.3, -0.25) is 0 Å². The topological polar surface area (TPSA) is 49.5 Å². The molecule has 1 saturated heterocycles. The third kappa shape index (κ3) is 2.79. The summed E-state index contributed by atoms with van der Waals surface area (Å²) in [6.07, 6.45) is 1.75. The van der Waals surface area contributed by atoms with Crippen LogP contribution in [-0.2, 0) is 0 Å². The number of halogens is 2. The number of rotatable bonds is 1. The molecule has 0 amide bonds. The van der Waals surface area contributed by atoms with Gasteiger partial charge in [0, 0.05) is 13.1 Å². The van der Waals surface area contributed by atoms with E-state index in [1.807, 2.05) is 6.92 Å². The second-order valence-corrected chi connectivity index (χ2v) is 5.66. The molecule has 1 heterocycles. The fourth-order valence-electron chi connectivity index (χ4n) is 2.25. The molecule has 1 atom stereocenters. The summed E-state index contributed by atoms with van der Waals surface area (Å²) in [5.74, 6) is 0. The van der Waals surface area contributed by atoms with Crippen LogP contribution >= 0.6 is 23.2 Å². The van der Waals surface area contributed by atoms with Crippen LogP contribution in [0.5, 0.6) is 0 Å². The number of nitrogens with two attached hydrogens (primary N) is 1. The Morgan fingerprint density at radius 3 is 2.65 bits per heavy atom. The van der Waals surface area contributed by atoms with Crippen molar-refractivity contribution in [2.75, 3.05) is 23.7 Å². The first kappa shape index (κ1) is 12.8. The highest BCUT2D eigenvalue weighted by Crippen LogP contribution is 2.35. The number of hydrogen-bond donors (Lipinski definition) is 2. The summed E-state index contributed by atoms with van der Waals surface area (Å²) in [6.45, 7) is 3.28. The summed E-state index contributed by atoms with van der Waals surface area (Å²) in [4.78, 5) is 2.06. The summed E-state index contributed by atoms with van der Waals surface area (Å²) in [7, 11) is 0. The lowest BCUT2D eigenvalue weighted by molar-refractivity contribution is 0.0450. The van der Waals surface area contributed by atoms with Crippen molar-refractivity contribution in [1.29, 1.82) is 0 Å². The van der Waals surface area contributed by atoms with Crippen LogP contribution in [0.4, 0.5) is 11.4 Å². The molecule has 2 rings (SSSR count). The van der Waals surface area contributed by atoms with Gasteiger partial charge in [-0.15, -0.1) is 0 Å². The molecule has 3 nitrogen and oxygen atoms in total. The smallest absolute Gasteiger partial charge is 0.0794 e. The minimum Gasteiger partial charge on any atom is -0.397 e. The van der Waals surface area contributed by atoms with E-state index in [0.29, 0.717) is 22.3 Å². The molecule has 17 heavy (non-hydrogen) atoms. The molecule has 1 unspecified atom stereocenters. The molecule has 5 heteroatoms. The van der Waals surface area contributed by atoms with Gasteiger partial charge in [-0.1, -0.05) is 23.2 Å². The first-order valence-electron chi connectivity index (χ1n) is 5.61. The van der Waals surface area contributed by atoms with E-state index in [2.05, 4.69) is 4.90 Å². The van der Waals surface area contributed by atoms with Gasteiger partial charge in [0.05, 0.1) is 27.0 Å². The van der Waals surface area contributed by atoms with Gasteiger partial charge in [-0.05, 0) is 31.9 Å². The highest BCUT2D eigenvalue weighted by molar-refractivity contribution is 6.42. The molecule has 1 fully saturated rings. The summed E-state index contributed by atoms with van der Waals surface area (Å²) in [6, 6.07) is 3.42. The van der Waals surface area contributed by atoms with E-state index >= 15 is 0 Å². The number of anilines is 2. The van der Waals surface area contributed by atoms with Gasteiger partial charge >= 0.3 is 0 Å². The minimum atomic E-state index is -0.670. The van der Waals surface area contributed by atoms with Crippen molar-refractivity contribution in [2.45, 2.75) is 25.4 Å². The van der Waals surface area contributed by atoms with Gasteiger partial charge in [0.2, 0.25) is 0 Å². The molecule has 1 aromatic carbocycles. The number of β-amino-alcohol motifs (C(OH)–C–C–N with tert-alkyl or cyclic N) is 1. The number of aliphatic hydroxyl groups is 1. The van der Waals surface area contributed by atoms with Gasteiger partial charge in [0.25, 0.3) is 0 Å². The van der Waals surface area contributed by atoms with Gasteiger partial charge < -0.3 is 15.7 Å². The molecule has 0 aliphatic carbocycles. The van der Waals surface area contributed by atoms with Crippen molar-refractivity contribution < 1.29 is 5.11 Å². The molecular formula is C12H16Cl2N2O. The van der Waals surface area contributed by atoms with Crippen molar-refractivity contribution in [3.05, 3.63) is 22.2 Å². The second kappa shape index (κ2) is 4.56. The quantitative estimate of drug-likeness (QED) is 0.775. The standard InChI is InChI=1S/C12H16Cl2N2O/c1-12(17)3-2-4-16(7-12)11-6-9(14)8(13)5-10(11)15/h5-6,17H,2-4,7,15H2,1H3. The maximum absolute atomic E-state index is 10.1. The molecule has 1 aliphatic rings. The van der Waals surface area contributed by atoms with Crippen molar-refractivity contribution in [3.63, 3.8) is 0 Å². The van der Waals surface area contributed by atoms with Crippen LogP contribution in [0, 0.1) is 0 Å². The van der Waals surface area contributed by atoms with E-state index in [4.69, 9.17) is 28.9 Å². The molecule has 1 aliphatic heterocycles. The van der Waals surface area contributed by atoms with Crippen LogP contribution in [0.15, 0.2) is 12.1 Å². The van der Waals surface area contributed by atoms with Crippen LogP contribution in [-0.4, -0.2) is 23.8 Å². The summed E-state index contributed by atoms with van der Waals surface area (Å²) in [5, 5.41) is 11.0. The highest BCUT2D eigenvalue weighted by Gasteiger charge is 2.29. The predicted octanol–water partition coefficient (Wildman–Crippen LogP) is 2.93. The lowest BCUT2D eigenvalue weighted by atomic mass is 9.94. The normalized spacial score (nSPS) is 25.1. The molecule has 0 spiro atoms. The third-order valence-corrected chi connectivity index (χ3v) is 3.81. The molecule has 94 valence electrons. The average Bonchev–Trinajstić information content (AvgIpc) is 2.22.